The van der Waals surface area contributed by atoms with Crippen LogP contribution < -0.4 is 11.6 Å². The zero-order valence-corrected chi connectivity index (χ0v) is 9.03. The second-order valence-electron chi connectivity index (χ2n) is 3.04. The molecule has 4 N–H and O–H groups in total. The zero-order valence-electron chi connectivity index (χ0n) is 8.21. The van der Waals surface area contributed by atoms with Crippen molar-refractivity contribution in [2.45, 2.75) is 17.0 Å². The third kappa shape index (κ3) is 1.89. The molecule has 78 valence electrons. The van der Waals surface area contributed by atoms with Gasteiger partial charge in [-0.15, -0.1) is 10.2 Å². The first-order valence-corrected chi connectivity index (χ1v) is 5.19. The Hall–Kier alpha value is -1.69. The van der Waals surface area contributed by atoms with Gasteiger partial charge in [0.15, 0.2) is 0 Å². The van der Waals surface area contributed by atoms with E-state index in [4.69, 9.17) is 11.6 Å². The summed E-state index contributed by atoms with van der Waals surface area (Å²) in [4.78, 5) is 0.927. The van der Waals surface area contributed by atoms with Crippen LogP contribution in [-0.4, -0.2) is 14.9 Å². The fraction of sp³-hybridized carbons (Fsp3) is 0.111. The highest BCUT2D eigenvalue weighted by atomic mass is 32.2. The van der Waals surface area contributed by atoms with Gasteiger partial charge < -0.3 is 11.6 Å². The van der Waals surface area contributed by atoms with Gasteiger partial charge in [0.25, 0.3) is 0 Å². The molecule has 0 aliphatic carbocycles. The molecule has 2 rings (SSSR count). The first kappa shape index (κ1) is 9.85. The van der Waals surface area contributed by atoms with Gasteiger partial charge in [0, 0.05) is 10.6 Å². The number of benzene rings is 1. The first-order valence-electron chi connectivity index (χ1n) is 4.38. The van der Waals surface area contributed by atoms with E-state index in [-0.39, 0.29) is 0 Å². The lowest BCUT2D eigenvalue weighted by atomic mass is 10.3. The van der Waals surface area contributed by atoms with Gasteiger partial charge in [0.05, 0.1) is 0 Å². The number of hydrogen-bond acceptors (Lipinski definition) is 5. The lowest BCUT2D eigenvalue weighted by molar-refractivity contribution is 0.825. The second-order valence-corrected chi connectivity index (χ2v) is 4.05. The van der Waals surface area contributed by atoms with Gasteiger partial charge >= 0.3 is 0 Å². The predicted octanol–water partition coefficient (Wildman–Crippen LogP) is 1.03. The van der Waals surface area contributed by atoms with E-state index in [0.29, 0.717) is 16.7 Å². The average molecular weight is 221 g/mol. The molecule has 0 aliphatic rings. The summed E-state index contributed by atoms with van der Waals surface area (Å²) in [5.41, 5.74) is 6.52. The monoisotopic (exact) mass is 221 g/mol. The Morgan fingerprint density at radius 2 is 2.00 bits per heavy atom. The maximum absolute atomic E-state index is 5.81. The van der Waals surface area contributed by atoms with Crippen molar-refractivity contribution in [2.75, 3.05) is 11.6 Å². The lowest BCUT2D eigenvalue weighted by Gasteiger charge is -2.03. The Morgan fingerprint density at radius 3 is 2.60 bits per heavy atom. The van der Waals surface area contributed by atoms with Crippen LogP contribution in [0, 0.1) is 6.92 Å². The Bertz CT molecular complexity index is 479. The Labute approximate surface area is 91.5 Å². The van der Waals surface area contributed by atoms with E-state index in [0.717, 1.165) is 4.90 Å². The number of hydrogen-bond donors (Lipinski definition) is 2. The van der Waals surface area contributed by atoms with Crippen molar-refractivity contribution in [1.29, 1.82) is 0 Å². The summed E-state index contributed by atoms with van der Waals surface area (Å²) in [6.07, 6.45) is 0. The van der Waals surface area contributed by atoms with Gasteiger partial charge in [0.1, 0.15) is 5.82 Å². The molecule has 0 saturated carbocycles. The zero-order chi connectivity index (χ0) is 10.8. The van der Waals surface area contributed by atoms with Gasteiger partial charge in [0.2, 0.25) is 5.16 Å². The number of para-hydroxylation sites is 1. The normalized spacial score (nSPS) is 10.5. The predicted molar refractivity (Wildman–Crippen MR) is 59.9 cm³/mol. The van der Waals surface area contributed by atoms with Crippen LogP contribution in [0.3, 0.4) is 0 Å². The molecular formula is C9H11N5S. The highest BCUT2D eigenvalue weighted by Gasteiger charge is 2.08. The molecule has 1 heterocycles. The van der Waals surface area contributed by atoms with E-state index in [1.165, 1.54) is 16.4 Å². The molecule has 6 heteroatoms. The Balaban J connectivity index is 2.30. The summed E-state index contributed by atoms with van der Waals surface area (Å²) in [7, 11) is 0. The molecule has 0 bridgehead atoms. The van der Waals surface area contributed by atoms with E-state index in [2.05, 4.69) is 10.2 Å². The van der Waals surface area contributed by atoms with Crippen LogP contribution in [0.2, 0.25) is 0 Å². The third-order valence-electron chi connectivity index (χ3n) is 1.96. The van der Waals surface area contributed by atoms with Crippen molar-refractivity contribution in [2.24, 2.45) is 0 Å². The molecule has 0 aliphatic heterocycles. The minimum atomic E-state index is 0.630. The van der Waals surface area contributed by atoms with E-state index < -0.39 is 0 Å². The van der Waals surface area contributed by atoms with Crippen molar-refractivity contribution in [3.63, 3.8) is 0 Å². The molecule has 0 radical (unpaired) electrons. The van der Waals surface area contributed by atoms with Crippen LogP contribution >= 0.6 is 11.8 Å². The topological polar surface area (TPSA) is 82.8 Å². The number of rotatable bonds is 2. The molecule has 0 spiro atoms. The smallest absolute Gasteiger partial charge is 0.214 e. The maximum Gasteiger partial charge on any atom is 0.214 e. The molecule has 0 amide bonds. The van der Waals surface area contributed by atoms with E-state index >= 15 is 0 Å². The number of nitrogen functional groups attached to an aromatic ring is 2. The molecule has 1 aromatic carbocycles. The molecule has 2 aromatic rings. The van der Waals surface area contributed by atoms with E-state index in [1.807, 2.05) is 24.3 Å². The fourth-order valence-corrected chi connectivity index (χ4v) is 1.93. The van der Waals surface area contributed by atoms with Gasteiger partial charge in [-0.1, -0.05) is 12.1 Å². The summed E-state index contributed by atoms with van der Waals surface area (Å²) >= 11 is 1.40. The summed E-state index contributed by atoms with van der Waals surface area (Å²) in [5.74, 6) is 6.40. The van der Waals surface area contributed by atoms with Crippen molar-refractivity contribution in [1.82, 2.24) is 14.9 Å². The third-order valence-corrected chi connectivity index (χ3v) is 3.01. The van der Waals surface area contributed by atoms with Gasteiger partial charge in [-0.2, -0.15) is 0 Å². The van der Waals surface area contributed by atoms with Gasteiger partial charge in [-0.05, 0) is 30.8 Å². The molecule has 1 aromatic heterocycles. The quantitative estimate of drug-likeness (QED) is 0.584. The fourth-order valence-electron chi connectivity index (χ4n) is 1.09. The maximum atomic E-state index is 5.81. The highest BCUT2D eigenvalue weighted by molar-refractivity contribution is 7.99. The Kier molecular flexibility index (Phi) is 2.51. The van der Waals surface area contributed by atoms with Crippen molar-refractivity contribution in [3.05, 3.63) is 30.1 Å². The molecule has 0 atom stereocenters. The lowest BCUT2D eigenvalue weighted by Crippen LogP contribution is -2.11. The summed E-state index contributed by atoms with van der Waals surface area (Å²) < 4.78 is 1.44. The largest absolute Gasteiger partial charge is 0.398 e. The van der Waals surface area contributed by atoms with Crippen molar-refractivity contribution < 1.29 is 0 Å². The minimum absolute atomic E-state index is 0.630. The highest BCUT2D eigenvalue weighted by Crippen LogP contribution is 2.29. The standard InChI is InChI=1S/C9H11N5S/c1-6-12-13-9(14(6)11)15-8-5-3-2-4-7(8)10/h2-5H,10-11H2,1H3. The first-order chi connectivity index (χ1) is 7.18. The molecule has 5 nitrogen and oxygen atoms in total. The van der Waals surface area contributed by atoms with E-state index in [1.54, 1.807) is 6.92 Å². The Morgan fingerprint density at radius 1 is 1.27 bits per heavy atom. The van der Waals surface area contributed by atoms with Gasteiger partial charge in [-0.25, -0.2) is 4.68 Å². The molecule has 15 heavy (non-hydrogen) atoms. The molecule has 0 saturated heterocycles. The van der Waals surface area contributed by atoms with Crippen LogP contribution in [0.4, 0.5) is 5.69 Å². The number of aromatic nitrogens is 3. The second kappa shape index (κ2) is 3.82. The minimum Gasteiger partial charge on any atom is -0.398 e. The molecular weight excluding hydrogens is 210 g/mol. The summed E-state index contributed by atoms with van der Waals surface area (Å²) in [5, 5.41) is 8.45. The summed E-state index contributed by atoms with van der Waals surface area (Å²) in [6.45, 7) is 1.80. The number of nitrogens with two attached hydrogens (primary N) is 2. The van der Waals surface area contributed by atoms with Crippen LogP contribution in [0.1, 0.15) is 5.82 Å². The number of nitrogens with zero attached hydrogens (tertiary/aromatic N) is 3. The molecule has 0 fully saturated rings. The number of aryl methyl sites for hydroxylation is 1. The molecule has 0 unspecified atom stereocenters. The summed E-state index contributed by atoms with van der Waals surface area (Å²) in [6, 6.07) is 7.57. The van der Waals surface area contributed by atoms with Crippen LogP contribution in [0.15, 0.2) is 34.3 Å². The SMILES string of the molecule is Cc1nnc(Sc2ccccc2N)n1N. The van der Waals surface area contributed by atoms with Crippen LogP contribution in [-0.2, 0) is 0 Å². The van der Waals surface area contributed by atoms with Crippen molar-refractivity contribution >= 4 is 17.4 Å². The number of anilines is 1. The van der Waals surface area contributed by atoms with Gasteiger partial charge in [-0.3, -0.25) is 0 Å². The van der Waals surface area contributed by atoms with E-state index in [9.17, 15) is 0 Å². The van der Waals surface area contributed by atoms with Crippen LogP contribution in [0.25, 0.3) is 0 Å². The van der Waals surface area contributed by atoms with Crippen LogP contribution in [0.5, 0.6) is 0 Å². The average Bonchev–Trinajstić information content (AvgIpc) is 2.53. The van der Waals surface area contributed by atoms with Crippen molar-refractivity contribution in [3.8, 4) is 0 Å².